The van der Waals surface area contributed by atoms with E-state index in [1.54, 1.807) is 4.98 Å². The predicted octanol–water partition coefficient (Wildman–Crippen LogP) is 2.00. The molecular formula is C19H14Cl2F3N5O7S. The molecule has 1 saturated carbocycles. The van der Waals surface area contributed by atoms with Gasteiger partial charge in [-0.2, -0.15) is 14.2 Å². The molecule has 2 heterocycles. The number of aliphatic hydroxyl groups is 1. The summed E-state index contributed by atoms with van der Waals surface area (Å²) >= 11 is 12.2. The molecule has 0 radical (unpaired) electrons. The number of H-pyrrole nitrogens is 1. The number of halogens is 5. The summed E-state index contributed by atoms with van der Waals surface area (Å²) in [6.07, 6.45) is -3.21. The van der Waals surface area contributed by atoms with Crippen LogP contribution in [0.15, 0.2) is 32.8 Å². The van der Waals surface area contributed by atoms with E-state index in [1.807, 2.05) is 0 Å². The summed E-state index contributed by atoms with van der Waals surface area (Å²) in [5.41, 5.74) is -4.11. The standard InChI is InChI=1S/C19H14Cl2F3N5O7S/c20-9-3-7(29-19(33)26-17(32)13(27-29)16(23)24)4-10(21)14(9)36-18-12(22)15(11(31)5-25-18)37(34,35)28-6-1-8(30)2-6/h3-6,8,16,28,30-31H,1-2H2,(H,26,32,33)/t6-,8-. The molecular weight excluding hydrogens is 570 g/mol. The van der Waals surface area contributed by atoms with Crippen LogP contribution in [0.1, 0.15) is 25.0 Å². The molecule has 4 rings (SSSR count). The van der Waals surface area contributed by atoms with E-state index in [0.717, 1.165) is 12.1 Å². The number of aromatic hydroxyl groups is 1. The monoisotopic (exact) mass is 583 g/mol. The van der Waals surface area contributed by atoms with Gasteiger partial charge in [0.25, 0.3) is 17.9 Å². The van der Waals surface area contributed by atoms with Crippen molar-refractivity contribution in [2.45, 2.75) is 36.3 Å². The van der Waals surface area contributed by atoms with Crippen molar-refractivity contribution in [3.63, 3.8) is 0 Å². The quantitative estimate of drug-likeness (QED) is 0.324. The maximum Gasteiger partial charge on any atom is 0.349 e. The molecule has 1 aliphatic rings. The average molecular weight is 584 g/mol. The fraction of sp³-hybridized carbons (Fsp3) is 0.263. The van der Waals surface area contributed by atoms with E-state index < -0.39 is 83.7 Å². The molecule has 1 aliphatic carbocycles. The van der Waals surface area contributed by atoms with E-state index in [9.17, 15) is 37.0 Å². The number of rotatable bonds is 7. The summed E-state index contributed by atoms with van der Waals surface area (Å²) in [6, 6.07) is 1.25. The molecule has 1 fully saturated rings. The fourth-order valence-corrected chi connectivity index (χ4v) is 5.28. The van der Waals surface area contributed by atoms with Crippen LogP contribution in [-0.2, 0) is 10.0 Å². The molecule has 1 aromatic carbocycles. The van der Waals surface area contributed by atoms with Gasteiger partial charge in [-0.25, -0.2) is 31.7 Å². The molecule has 0 aliphatic heterocycles. The van der Waals surface area contributed by atoms with E-state index in [0.29, 0.717) is 10.9 Å². The number of aromatic amines is 1. The Morgan fingerprint density at radius 2 is 1.84 bits per heavy atom. The van der Waals surface area contributed by atoms with Gasteiger partial charge >= 0.3 is 5.69 Å². The lowest BCUT2D eigenvalue weighted by molar-refractivity contribution is 0.0711. The minimum absolute atomic E-state index is 0.0969. The Kier molecular flexibility index (Phi) is 7.22. The number of pyridine rings is 1. The molecule has 0 bridgehead atoms. The van der Waals surface area contributed by atoms with Crippen molar-refractivity contribution in [3.05, 3.63) is 60.7 Å². The highest BCUT2D eigenvalue weighted by Crippen LogP contribution is 2.40. The lowest BCUT2D eigenvalue weighted by Gasteiger charge is -2.31. The van der Waals surface area contributed by atoms with Gasteiger partial charge in [-0.15, -0.1) is 0 Å². The highest BCUT2D eigenvalue weighted by atomic mass is 35.5. The van der Waals surface area contributed by atoms with E-state index in [1.165, 1.54) is 0 Å². The Labute approximate surface area is 214 Å². The number of hydrogen-bond acceptors (Lipinski definition) is 9. The first-order valence-corrected chi connectivity index (χ1v) is 12.3. The molecule has 37 heavy (non-hydrogen) atoms. The van der Waals surface area contributed by atoms with Gasteiger partial charge < -0.3 is 14.9 Å². The van der Waals surface area contributed by atoms with Gasteiger partial charge in [0.2, 0.25) is 15.8 Å². The molecule has 0 amide bonds. The van der Waals surface area contributed by atoms with Crippen molar-refractivity contribution >= 4 is 33.2 Å². The van der Waals surface area contributed by atoms with Crippen LogP contribution in [-0.4, -0.2) is 50.5 Å². The number of hydrogen-bond donors (Lipinski definition) is 4. The second kappa shape index (κ2) is 9.94. The molecule has 2 aromatic heterocycles. The summed E-state index contributed by atoms with van der Waals surface area (Å²) in [6.45, 7) is 0. The number of aromatic nitrogens is 4. The summed E-state index contributed by atoms with van der Waals surface area (Å²) < 4.78 is 74.2. The lowest BCUT2D eigenvalue weighted by Crippen LogP contribution is -2.46. The van der Waals surface area contributed by atoms with Crippen molar-refractivity contribution < 1.29 is 36.5 Å². The maximum atomic E-state index is 15.1. The first kappa shape index (κ1) is 26.9. The number of benzene rings is 1. The number of nitrogens with one attached hydrogen (secondary N) is 2. The predicted molar refractivity (Wildman–Crippen MR) is 121 cm³/mol. The highest BCUT2D eigenvalue weighted by molar-refractivity contribution is 7.89. The third-order valence-electron chi connectivity index (χ3n) is 5.11. The molecule has 4 N–H and O–H groups in total. The summed E-state index contributed by atoms with van der Waals surface area (Å²) in [5, 5.41) is 21.8. The third kappa shape index (κ3) is 5.28. The zero-order chi connectivity index (χ0) is 27.2. The van der Waals surface area contributed by atoms with Crippen molar-refractivity contribution in [2.24, 2.45) is 0 Å². The molecule has 0 saturated heterocycles. The summed E-state index contributed by atoms with van der Waals surface area (Å²) in [4.78, 5) is 27.6. The number of ether oxygens (including phenoxy) is 1. The van der Waals surface area contributed by atoms with Gasteiger partial charge in [-0.3, -0.25) is 9.78 Å². The number of nitrogens with zero attached hydrogens (tertiary/aromatic N) is 3. The first-order valence-electron chi connectivity index (χ1n) is 10.0. The average Bonchev–Trinajstić information content (AvgIpc) is 2.76. The van der Waals surface area contributed by atoms with Crippen molar-refractivity contribution in [2.75, 3.05) is 0 Å². The van der Waals surface area contributed by atoms with Crippen LogP contribution < -0.4 is 20.7 Å². The molecule has 0 unspecified atom stereocenters. The second-order valence-corrected chi connectivity index (χ2v) is 10.2. The van der Waals surface area contributed by atoms with Crippen molar-refractivity contribution in [1.29, 1.82) is 0 Å². The van der Waals surface area contributed by atoms with Gasteiger partial charge in [0.1, 0.15) is 0 Å². The summed E-state index contributed by atoms with van der Waals surface area (Å²) in [7, 11) is -4.61. The van der Waals surface area contributed by atoms with Crippen molar-refractivity contribution in [3.8, 4) is 23.1 Å². The normalized spacial score (nSPS) is 17.6. The highest BCUT2D eigenvalue weighted by Gasteiger charge is 2.35. The Morgan fingerprint density at radius 1 is 1.22 bits per heavy atom. The topological polar surface area (TPSA) is 176 Å². The lowest BCUT2D eigenvalue weighted by atomic mass is 9.91. The van der Waals surface area contributed by atoms with Crippen LogP contribution in [0.3, 0.4) is 0 Å². The van der Waals surface area contributed by atoms with Gasteiger partial charge in [-0.05, 0) is 25.0 Å². The van der Waals surface area contributed by atoms with Crippen LogP contribution in [0.25, 0.3) is 5.69 Å². The summed E-state index contributed by atoms with van der Waals surface area (Å²) in [5.74, 6) is -4.05. The first-order chi connectivity index (χ1) is 17.3. The molecule has 18 heteroatoms. The zero-order valence-corrected chi connectivity index (χ0v) is 20.3. The van der Waals surface area contributed by atoms with Gasteiger partial charge in [0, 0.05) is 6.04 Å². The number of sulfonamides is 1. The van der Waals surface area contributed by atoms with Crippen molar-refractivity contribution in [1.82, 2.24) is 24.5 Å². The van der Waals surface area contributed by atoms with Gasteiger partial charge in [0.15, 0.2) is 22.1 Å². The zero-order valence-electron chi connectivity index (χ0n) is 18.0. The van der Waals surface area contributed by atoms with E-state index in [-0.39, 0.29) is 18.5 Å². The molecule has 0 spiro atoms. The maximum absolute atomic E-state index is 15.1. The fourth-order valence-electron chi connectivity index (χ4n) is 3.33. The number of aliphatic hydroxyl groups excluding tert-OH is 1. The molecule has 3 aromatic rings. The molecule has 12 nitrogen and oxygen atoms in total. The van der Waals surface area contributed by atoms with Gasteiger partial charge in [0.05, 0.1) is 28.0 Å². The number of alkyl halides is 2. The Bertz CT molecular complexity index is 1590. The van der Waals surface area contributed by atoms with Crippen LogP contribution in [0.4, 0.5) is 13.2 Å². The second-order valence-electron chi connectivity index (χ2n) is 7.73. The van der Waals surface area contributed by atoms with E-state index in [2.05, 4.69) is 14.8 Å². The Morgan fingerprint density at radius 3 is 2.41 bits per heavy atom. The Hall–Kier alpha value is -3.18. The van der Waals surface area contributed by atoms with Crippen LogP contribution in [0, 0.1) is 5.82 Å². The minimum Gasteiger partial charge on any atom is -0.505 e. The smallest absolute Gasteiger partial charge is 0.349 e. The van der Waals surface area contributed by atoms with Crippen LogP contribution in [0.2, 0.25) is 10.0 Å². The van der Waals surface area contributed by atoms with E-state index in [4.69, 9.17) is 27.9 Å². The SMILES string of the molecule is O=c1[nH]c(=O)n(-c2cc(Cl)c(Oc3ncc(O)c(S(=O)(=O)N[C@H]4C[C@H](O)C4)c3F)c(Cl)c2)nc1C(F)F. The third-order valence-corrected chi connectivity index (χ3v) is 7.24. The van der Waals surface area contributed by atoms with Crippen LogP contribution in [0.5, 0.6) is 17.4 Å². The largest absolute Gasteiger partial charge is 0.505 e. The van der Waals surface area contributed by atoms with Crippen LogP contribution >= 0.6 is 23.2 Å². The van der Waals surface area contributed by atoms with E-state index >= 15 is 4.39 Å². The molecule has 0 atom stereocenters. The Balaban J connectivity index is 1.70. The molecule has 198 valence electrons. The van der Waals surface area contributed by atoms with Gasteiger partial charge in [-0.1, -0.05) is 23.2 Å². The minimum atomic E-state index is -4.61.